The Morgan fingerprint density at radius 3 is 2.27 bits per heavy atom. The number of thiophene rings is 1. The van der Waals surface area contributed by atoms with Crippen LogP contribution in [0.25, 0.3) is 11.1 Å². The highest BCUT2D eigenvalue weighted by atomic mass is 32.1. The van der Waals surface area contributed by atoms with Gasteiger partial charge in [-0.25, -0.2) is 4.79 Å². The van der Waals surface area contributed by atoms with Gasteiger partial charge in [0.2, 0.25) is 5.91 Å². The van der Waals surface area contributed by atoms with E-state index in [4.69, 9.17) is 4.74 Å². The molecule has 0 saturated heterocycles. The number of aliphatic carboxylic acids is 1. The lowest BCUT2D eigenvalue weighted by Gasteiger charge is -2.41. The van der Waals surface area contributed by atoms with E-state index in [1.54, 1.807) is 0 Å². The summed E-state index contributed by atoms with van der Waals surface area (Å²) >= 11 is 1.30. The molecule has 2 aromatic rings. The first kappa shape index (κ1) is 20.3. The molecule has 1 fully saturated rings. The van der Waals surface area contributed by atoms with E-state index in [2.05, 4.69) is 5.32 Å². The van der Waals surface area contributed by atoms with Crippen LogP contribution in [0.3, 0.4) is 0 Å². The standard InChI is InChI=1S/C23H23NO5S/c1-12-16(13-6-4-3-5-7-13)19(23(28)29-2)21(30-12)24-20(25)17-14-8-10-15(11-9-14)18(17)22(26)27/h3-8,10,14-15,17-18H,9,11H2,1-2H3,(H,24,25)(H,26,27)/t14-,15-,17-,18-/m0/s1. The maximum atomic E-state index is 13.2. The molecule has 0 spiro atoms. The van der Waals surface area contributed by atoms with Crippen LogP contribution in [0.5, 0.6) is 0 Å². The topological polar surface area (TPSA) is 92.7 Å². The number of esters is 1. The van der Waals surface area contributed by atoms with Gasteiger partial charge in [0.25, 0.3) is 0 Å². The van der Waals surface area contributed by atoms with Gasteiger partial charge in [0.15, 0.2) is 0 Å². The molecule has 2 bridgehead atoms. The number of anilines is 1. The van der Waals surface area contributed by atoms with Crippen molar-refractivity contribution < 1.29 is 24.2 Å². The van der Waals surface area contributed by atoms with E-state index < -0.39 is 23.8 Å². The number of carboxylic acid groups (broad SMARTS) is 1. The number of hydrogen-bond donors (Lipinski definition) is 2. The number of carbonyl (C=O) groups excluding carboxylic acids is 2. The van der Waals surface area contributed by atoms with Crippen LogP contribution in [0.1, 0.15) is 28.1 Å². The second kappa shape index (κ2) is 8.07. The second-order valence-corrected chi connectivity index (χ2v) is 8.99. The Hall–Kier alpha value is -2.93. The van der Waals surface area contributed by atoms with Gasteiger partial charge in [0.1, 0.15) is 10.6 Å². The second-order valence-electron chi connectivity index (χ2n) is 7.76. The molecule has 5 rings (SSSR count). The summed E-state index contributed by atoms with van der Waals surface area (Å²) in [5.41, 5.74) is 1.89. The average Bonchev–Trinajstić information content (AvgIpc) is 3.09. The summed E-state index contributed by atoms with van der Waals surface area (Å²) in [7, 11) is 1.31. The van der Waals surface area contributed by atoms with E-state index in [1.165, 1.54) is 18.4 Å². The van der Waals surface area contributed by atoms with Crippen molar-refractivity contribution in [1.29, 1.82) is 0 Å². The zero-order valence-electron chi connectivity index (χ0n) is 16.8. The van der Waals surface area contributed by atoms with Crippen molar-refractivity contribution >= 4 is 34.2 Å². The number of ether oxygens (including phenoxy) is 1. The van der Waals surface area contributed by atoms with Crippen molar-refractivity contribution in [2.45, 2.75) is 19.8 Å². The summed E-state index contributed by atoms with van der Waals surface area (Å²) in [5, 5.41) is 13.0. The third-order valence-electron chi connectivity index (χ3n) is 6.11. The van der Waals surface area contributed by atoms with Crippen molar-refractivity contribution in [3.8, 4) is 11.1 Å². The normalized spacial score (nSPS) is 24.5. The molecule has 1 aromatic heterocycles. The van der Waals surface area contributed by atoms with Crippen molar-refractivity contribution in [3.05, 3.63) is 52.9 Å². The van der Waals surface area contributed by atoms with Gasteiger partial charge in [-0.3, -0.25) is 9.59 Å². The van der Waals surface area contributed by atoms with E-state index in [9.17, 15) is 19.5 Å². The molecule has 30 heavy (non-hydrogen) atoms. The van der Waals surface area contributed by atoms with Crippen molar-refractivity contribution in [3.63, 3.8) is 0 Å². The molecule has 0 unspecified atom stereocenters. The van der Waals surface area contributed by atoms with Crippen LogP contribution in [0, 0.1) is 30.6 Å². The molecule has 1 saturated carbocycles. The zero-order valence-corrected chi connectivity index (χ0v) is 17.6. The molecule has 7 heteroatoms. The molecule has 3 aliphatic rings. The summed E-state index contributed by atoms with van der Waals surface area (Å²) in [6.45, 7) is 1.89. The van der Waals surface area contributed by atoms with Crippen molar-refractivity contribution in [2.24, 2.45) is 23.7 Å². The molecule has 1 aromatic carbocycles. The number of fused-ring (bicyclic) bond motifs is 2. The van der Waals surface area contributed by atoms with Crippen LogP contribution >= 0.6 is 11.3 Å². The first-order valence-corrected chi connectivity index (χ1v) is 10.7. The molecular weight excluding hydrogens is 402 g/mol. The third kappa shape index (κ3) is 3.43. The minimum absolute atomic E-state index is 0.104. The predicted molar refractivity (Wildman–Crippen MR) is 114 cm³/mol. The van der Waals surface area contributed by atoms with Crippen LogP contribution in [0.4, 0.5) is 5.00 Å². The maximum absolute atomic E-state index is 13.2. The van der Waals surface area contributed by atoms with Crippen LogP contribution < -0.4 is 5.32 Å². The van der Waals surface area contributed by atoms with Gasteiger partial charge in [-0.05, 0) is 37.2 Å². The van der Waals surface area contributed by atoms with E-state index >= 15 is 0 Å². The number of carbonyl (C=O) groups is 3. The van der Waals surface area contributed by atoms with Gasteiger partial charge in [-0.2, -0.15) is 0 Å². The Labute approximate surface area is 178 Å². The molecule has 0 radical (unpaired) electrons. The number of benzene rings is 1. The number of nitrogens with one attached hydrogen (secondary N) is 1. The van der Waals surface area contributed by atoms with Crippen molar-refractivity contribution in [1.82, 2.24) is 0 Å². The highest BCUT2D eigenvalue weighted by Gasteiger charge is 2.48. The van der Waals surface area contributed by atoms with E-state index in [0.29, 0.717) is 10.6 Å². The van der Waals surface area contributed by atoms with Gasteiger partial charge in [-0.15, -0.1) is 11.3 Å². The van der Waals surface area contributed by atoms with E-state index in [0.717, 1.165) is 28.8 Å². The Bertz CT molecular complexity index is 1030. The fraction of sp³-hybridized carbons (Fsp3) is 0.348. The Morgan fingerprint density at radius 1 is 1.07 bits per heavy atom. The quantitative estimate of drug-likeness (QED) is 0.548. The molecule has 3 aliphatic carbocycles. The van der Waals surface area contributed by atoms with Gasteiger partial charge < -0.3 is 15.2 Å². The van der Waals surface area contributed by atoms with E-state index in [-0.39, 0.29) is 17.7 Å². The van der Waals surface area contributed by atoms with Gasteiger partial charge in [-0.1, -0.05) is 42.5 Å². The average molecular weight is 426 g/mol. The molecule has 156 valence electrons. The van der Waals surface area contributed by atoms with Crippen LogP contribution in [-0.2, 0) is 14.3 Å². The molecular formula is C23H23NO5S. The summed E-state index contributed by atoms with van der Waals surface area (Å²) in [6.07, 6.45) is 5.48. The van der Waals surface area contributed by atoms with Crippen LogP contribution in [0.15, 0.2) is 42.5 Å². The number of allylic oxidation sites excluding steroid dienone is 2. The Morgan fingerprint density at radius 2 is 1.70 bits per heavy atom. The number of methoxy groups -OCH3 is 1. The maximum Gasteiger partial charge on any atom is 0.341 e. The third-order valence-corrected chi connectivity index (χ3v) is 7.13. The summed E-state index contributed by atoms with van der Waals surface area (Å²) in [5.74, 6) is -3.47. The molecule has 1 amide bonds. The molecule has 2 N–H and O–H groups in total. The largest absolute Gasteiger partial charge is 0.481 e. The minimum atomic E-state index is -0.949. The Kier molecular flexibility index (Phi) is 5.47. The highest BCUT2D eigenvalue weighted by Crippen LogP contribution is 2.46. The zero-order chi connectivity index (χ0) is 21.4. The number of rotatable bonds is 5. The number of amides is 1. The van der Waals surface area contributed by atoms with Crippen molar-refractivity contribution in [2.75, 3.05) is 12.4 Å². The fourth-order valence-electron chi connectivity index (χ4n) is 4.77. The van der Waals surface area contributed by atoms with E-state index in [1.807, 2.05) is 49.4 Å². The lowest BCUT2D eigenvalue weighted by molar-refractivity contribution is -0.151. The number of aryl methyl sites for hydroxylation is 1. The summed E-state index contributed by atoms with van der Waals surface area (Å²) < 4.78 is 5.00. The summed E-state index contributed by atoms with van der Waals surface area (Å²) in [6, 6.07) is 9.46. The van der Waals surface area contributed by atoms with Crippen LogP contribution in [-0.4, -0.2) is 30.1 Å². The molecule has 0 aliphatic heterocycles. The lowest BCUT2D eigenvalue weighted by Crippen LogP contribution is -2.47. The number of hydrogen-bond acceptors (Lipinski definition) is 5. The fourth-order valence-corrected chi connectivity index (χ4v) is 5.83. The van der Waals surface area contributed by atoms with Gasteiger partial charge in [0, 0.05) is 10.4 Å². The lowest BCUT2D eigenvalue weighted by atomic mass is 9.62. The summed E-state index contributed by atoms with van der Waals surface area (Å²) in [4.78, 5) is 38.6. The Balaban J connectivity index is 1.71. The first-order valence-electron chi connectivity index (χ1n) is 9.91. The smallest absolute Gasteiger partial charge is 0.341 e. The molecule has 4 atom stereocenters. The monoisotopic (exact) mass is 425 g/mol. The van der Waals surface area contributed by atoms with Gasteiger partial charge >= 0.3 is 11.9 Å². The minimum Gasteiger partial charge on any atom is -0.481 e. The first-order chi connectivity index (χ1) is 14.4. The predicted octanol–water partition coefficient (Wildman–Crippen LogP) is 4.36. The van der Waals surface area contributed by atoms with Gasteiger partial charge in [0.05, 0.1) is 18.9 Å². The SMILES string of the molecule is COC(=O)c1c(NC(=O)[C@@H]2[C@@H](C(=O)O)[C@H]3C=C[C@H]2CC3)sc(C)c1-c1ccccc1. The number of carboxylic acids is 1. The van der Waals surface area contributed by atoms with Crippen LogP contribution in [0.2, 0.25) is 0 Å². The highest BCUT2D eigenvalue weighted by molar-refractivity contribution is 7.17. The molecule has 1 heterocycles. The molecule has 6 nitrogen and oxygen atoms in total.